The van der Waals surface area contributed by atoms with E-state index in [1.807, 2.05) is 6.92 Å². The number of hydrogen-bond acceptors (Lipinski definition) is 10. The Morgan fingerprint density at radius 1 is 0.972 bits per heavy atom. The van der Waals surface area contributed by atoms with Crippen LogP contribution in [0.4, 0.5) is 0 Å². The lowest BCUT2D eigenvalue weighted by atomic mass is 9.96. The van der Waals surface area contributed by atoms with Crippen LogP contribution in [0.1, 0.15) is 39.7 Å². The first-order chi connectivity index (χ1) is 17.0. The molecule has 206 valence electrons. The molecule has 0 fully saturated rings. The predicted molar refractivity (Wildman–Crippen MR) is 134 cm³/mol. The Balaban J connectivity index is 2.71. The standard InChI is InChI=1S/C26H42O10/c1-8-20(33-6)26(25(31)16(3)32-5)36-17(4)24(30)23(29)15(2)14-35-22(28)12-10-18-9-11-19(27)21(13-18)34-7/h9-13,15-17,20,23-27,29-31H,8,14H2,1-7H3/b12-10+/t15?,16-,17?,20-,23?,24+,25?,26?/m1/s1. The molecule has 0 aliphatic heterocycles. The largest absolute Gasteiger partial charge is 0.504 e. The van der Waals surface area contributed by atoms with Crippen LogP contribution >= 0.6 is 0 Å². The van der Waals surface area contributed by atoms with Crippen LogP contribution in [0, 0.1) is 5.92 Å². The highest BCUT2D eigenvalue weighted by Gasteiger charge is 2.37. The highest BCUT2D eigenvalue weighted by Crippen LogP contribution is 2.27. The molecular formula is C26H42O10. The molecule has 1 rings (SSSR count). The lowest BCUT2D eigenvalue weighted by molar-refractivity contribution is -0.192. The molecule has 0 saturated heterocycles. The first kappa shape index (κ1) is 31.8. The van der Waals surface area contributed by atoms with Crippen molar-refractivity contribution in [1.82, 2.24) is 0 Å². The molecule has 10 heteroatoms. The van der Waals surface area contributed by atoms with Crippen molar-refractivity contribution in [2.75, 3.05) is 27.9 Å². The number of aliphatic hydroxyl groups is 3. The summed E-state index contributed by atoms with van der Waals surface area (Å²) >= 11 is 0. The van der Waals surface area contributed by atoms with Crippen molar-refractivity contribution in [3.05, 3.63) is 29.8 Å². The molecular weight excluding hydrogens is 472 g/mol. The number of phenols is 1. The molecule has 10 nitrogen and oxygen atoms in total. The summed E-state index contributed by atoms with van der Waals surface area (Å²) in [5, 5.41) is 41.6. The first-order valence-electron chi connectivity index (χ1n) is 12.0. The van der Waals surface area contributed by atoms with Gasteiger partial charge in [-0.2, -0.15) is 0 Å². The number of hydrogen-bond donors (Lipinski definition) is 4. The number of carbonyl (C=O) groups excluding carboxylic acids is 1. The van der Waals surface area contributed by atoms with E-state index in [0.717, 1.165) is 0 Å². The molecule has 5 unspecified atom stereocenters. The molecule has 0 bridgehead atoms. The maximum atomic E-state index is 12.1. The van der Waals surface area contributed by atoms with Crippen LogP contribution in [0.15, 0.2) is 24.3 Å². The number of methoxy groups -OCH3 is 3. The summed E-state index contributed by atoms with van der Waals surface area (Å²) in [5.41, 5.74) is 0.622. The Hall–Kier alpha value is -2.21. The van der Waals surface area contributed by atoms with Gasteiger partial charge in [0.15, 0.2) is 11.5 Å². The van der Waals surface area contributed by atoms with Crippen molar-refractivity contribution in [3.63, 3.8) is 0 Å². The van der Waals surface area contributed by atoms with Gasteiger partial charge in [0.2, 0.25) is 0 Å². The summed E-state index contributed by atoms with van der Waals surface area (Å²) in [6, 6.07) is 4.62. The van der Waals surface area contributed by atoms with E-state index in [0.29, 0.717) is 12.0 Å². The maximum absolute atomic E-state index is 12.1. The second-order valence-corrected chi connectivity index (χ2v) is 8.77. The van der Waals surface area contributed by atoms with Crippen LogP contribution in [0.3, 0.4) is 0 Å². The highest BCUT2D eigenvalue weighted by atomic mass is 16.6. The molecule has 0 heterocycles. The van der Waals surface area contributed by atoms with Gasteiger partial charge in [0.05, 0.1) is 38.1 Å². The van der Waals surface area contributed by atoms with Gasteiger partial charge in [-0.15, -0.1) is 0 Å². The van der Waals surface area contributed by atoms with Crippen LogP contribution < -0.4 is 4.74 Å². The van der Waals surface area contributed by atoms with Gasteiger partial charge in [-0.3, -0.25) is 0 Å². The summed E-state index contributed by atoms with van der Waals surface area (Å²) in [7, 11) is 4.40. The molecule has 8 atom stereocenters. The second kappa shape index (κ2) is 15.8. The number of rotatable bonds is 16. The van der Waals surface area contributed by atoms with Gasteiger partial charge in [-0.25, -0.2) is 4.79 Å². The van der Waals surface area contributed by atoms with E-state index < -0.39 is 54.6 Å². The fourth-order valence-electron chi connectivity index (χ4n) is 3.59. The molecule has 0 aliphatic carbocycles. The van der Waals surface area contributed by atoms with Gasteiger partial charge in [-0.1, -0.05) is 19.9 Å². The number of esters is 1. The normalized spacial score (nSPS) is 18.6. The summed E-state index contributed by atoms with van der Waals surface area (Å²) in [6.07, 6.45) is -3.00. The van der Waals surface area contributed by atoms with Gasteiger partial charge in [0.1, 0.15) is 18.3 Å². The summed E-state index contributed by atoms with van der Waals surface area (Å²) < 4.78 is 26.8. The number of phenolic OH excluding ortho intramolecular Hbond substituents is 1. The fourth-order valence-corrected chi connectivity index (χ4v) is 3.59. The molecule has 36 heavy (non-hydrogen) atoms. The third kappa shape index (κ3) is 9.34. The molecule has 0 saturated carbocycles. The Morgan fingerprint density at radius 3 is 2.19 bits per heavy atom. The van der Waals surface area contributed by atoms with Crippen LogP contribution in [0.2, 0.25) is 0 Å². The minimum absolute atomic E-state index is 0.0155. The molecule has 1 aromatic rings. The van der Waals surface area contributed by atoms with E-state index in [1.54, 1.807) is 32.9 Å². The summed E-state index contributed by atoms with van der Waals surface area (Å²) in [4.78, 5) is 12.1. The fraction of sp³-hybridized carbons (Fsp3) is 0.654. The number of ether oxygens (including phenoxy) is 5. The zero-order valence-corrected chi connectivity index (χ0v) is 22.2. The van der Waals surface area contributed by atoms with Crippen LogP contribution in [-0.4, -0.2) is 97.1 Å². The molecule has 1 aromatic carbocycles. The molecule has 0 spiro atoms. The third-order valence-electron chi connectivity index (χ3n) is 6.15. The van der Waals surface area contributed by atoms with Gasteiger partial charge in [0.25, 0.3) is 0 Å². The molecule has 0 amide bonds. The van der Waals surface area contributed by atoms with Crippen molar-refractivity contribution in [1.29, 1.82) is 0 Å². The van der Waals surface area contributed by atoms with Crippen LogP contribution in [-0.2, 0) is 23.7 Å². The Kier molecular flexibility index (Phi) is 14.0. The van der Waals surface area contributed by atoms with E-state index in [1.165, 1.54) is 39.5 Å². The molecule has 0 radical (unpaired) electrons. The average Bonchev–Trinajstić information content (AvgIpc) is 2.89. The number of benzene rings is 1. The van der Waals surface area contributed by atoms with Crippen molar-refractivity contribution in [3.8, 4) is 11.5 Å². The molecule has 4 N–H and O–H groups in total. The minimum Gasteiger partial charge on any atom is -0.504 e. The van der Waals surface area contributed by atoms with E-state index in [2.05, 4.69) is 0 Å². The zero-order chi connectivity index (χ0) is 27.4. The lowest BCUT2D eigenvalue weighted by Gasteiger charge is -2.36. The van der Waals surface area contributed by atoms with Gasteiger partial charge in [-0.05, 0) is 44.0 Å². The molecule has 0 aliphatic rings. The quantitative estimate of drug-likeness (QED) is 0.191. The Bertz CT molecular complexity index is 810. The third-order valence-corrected chi connectivity index (χ3v) is 6.15. The maximum Gasteiger partial charge on any atom is 0.330 e. The van der Waals surface area contributed by atoms with Crippen molar-refractivity contribution in [2.45, 2.75) is 76.8 Å². The Morgan fingerprint density at radius 2 is 1.64 bits per heavy atom. The smallest absolute Gasteiger partial charge is 0.330 e. The zero-order valence-electron chi connectivity index (χ0n) is 22.2. The molecule has 0 aromatic heterocycles. The SMILES string of the molecule is CC[C@@H](OC)C(OC(C)[C@H](O)C(O)C(C)COC(=O)/C=C/c1ccc(O)c(OC)c1)C(O)[C@@H](C)OC. The van der Waals surface area contributed by atoms with Gasteiger partial charge in [0, 0.05) is 26.2 Å². The number of aromatic hydroxyl groups is 1. The van der Waals surface area contributed by atoms with Crippen molar-refractivity contribution in [2.24, 2.45) is 5.92 Å². The average molecular weight is 515 g/mol. The first-order valence-corrected chi connectivity index (χ1v) is 12.0. The Labute approximate surface area is 213 Å². The minimum atomic E-state index is -1.32. The second-order valence-electron chi connectivity index (χ2n) is 8.77. The van der Waals surface area contributed by atoms with E-state index in [4.69, 9.17) is 23.7 Å². The van der Waals surface area contributed by atoms with E-state index >= 15 is 0 Å². The van der Waals surface area contributed by atoms with Gasteiger partial charge < -0.3 is 44.1 Å². The monoisotopic (exact) mass is 514 g/mol. The lowest BCUT2D eigenvalue weighted by Crippen LogP contribution is -2.51. The van der Waals surface area contributed by atoms with E-state index in [9.17, 15) is 25.2 Å². The predicted octanol–water partition coefficient (Wildman–Crippen LogP) is 1.91. The highest BCUT2D eigenvalue weighted by molar-refractivity contribution is 5.87. The van der Waals surface area contributed by atoms with Crippen LogP contribution in [0.25, 0.3) is 6.08 Å². The topological polar surface area (TPSA) is 144 Å². The summed E-state index contributed by atoms with van der Waals surface area (Å²) in [5.74, 6) is -0.988. The summed E-state index contributed by atoms with van der Waals surface area (Å²) in [6.45, 7) is 6.65. The van der Waals surface area contributed by atoms with Gasteiger partial charge >= 0.3 is 5.97 Å². The van der Waals surface area contributed by atoms with Crippen LogP contribution in [0.5, 0.6) is 11.5 Å². The number of aliphatic hydroxyl groups excluding tert-OH is 3. The van der Waals surface area contributed by atoms with Crippen molar-refractivity contribution >= 4 is 12.0 Å². The van der Waals surface area contributed by atoms with Crippen molar-refractivity contribution < 1.29 is 48.9 Å². The number of carbonyl (C=O) groups is 1. The van der Waals surface area contributed by atoms with E-state index in [-0.39, 0.29) is 18.1 Å².